The second-order valence-electron chi connectivity index (χ2n) is 5.36. The molecule has 4 heteroatoms. The predicted octanol–water partition coefficient (Wildman–Crippen LogP) is 2.14. The molecule has 0 amide bonds. The molecule has 0 aromatic carbocycles. The van der Waals surface area contributed by atoms with Gasteiger partial charge in [-0.25, -0.2) is 8.78 Å². The molecule has 2 aliphatic rings. The molecule has 0 radical (unpaired) electrons. The van der Waals surface area contributed by atoms with Crippen LogP contribution in [0.25, 0.3) is 0 Å². The van der Waals surface area contributed by atoms with Crippen LogP contribution in [0.15, 0.2) is 0 Å². The quantitative estimate of drug-likeness (QED) is 0.702. The Labute approximate surface area is 89.6 Å². The molecule has 2 fully saturated rings. The van der Waals surface area contributed by atoms with Gasteiger partial charge in [0, 0.05) is 12.0 Å². The van der Waals surface area contributed by atoms with Crippen molar-refractivity contribution in [3.8, 4) is 0 Å². The van der Waals surface area contributed by atoms with Crippen molar-refractivity contribution in [3.05, 3.63) is 0 Å². The van der Waals surface area contributed by atoms with Gasteiger partial charge >= 0.3 is 0 Å². The van der Waals surface area contributed by atoms with E-state index in [1.54, 1.807) is 0 Å². The van der Waals surface area contributed by atoms with E-state index in [4.69, 9.17) is 4.74 Å². The molecule has 88 valence electrons. The average Bonchev–Trinajstić information content (AvgIpc) is 2.79. The van der Waals surface area contributed by atoms with Gasteiger partial charge in [-0.15, -0.1) is 0 Å². The molecule has 0 spiro atoms. The first-order valence-corrected chi connectivity index (χ1v) is 5.63. The minimum atomic E-state index is -2.44. The van der Waals surface area contributed by atoms with Crippen molar-refractivity contribution in [2.75, 3.05) is 26.2 Å². The van der Waals surface area contributed by atoms with Gasteiger partial charge in [0.2, 0.25) is 0 Å². The van der Waals surface area contributed by atoms with E-state index < -0.39 is 5.92 Å². The number of hydrogen-bond acceptors (Lipinski definition) is 2. The summed E-state index contributed by atoms with van der Waals surface area (Å²) in [6.07, 6.45) is 2.49. The highest BCUT2D eigenvalue weighted by Crippen LogP contribution is 2.48. The summed E-state index contributed by atoms with van der Waals surface area (Å²) in [7, 11) is 0. The Morgan fingerprint density at radius 3 is 2.27 bits per heavy atom. The van der Waals surface area contributed by atoms with Gasteiger partial charge in [-0.2, -0.15) is 0 Å². The number of alkyl halides is 2. The zero-order valence-corrected chi connectivity index (χ0v) is 9.43. The van der Waals surface area contributed by atoms with E-state index in [0.717, 1.165) is 26.0 Å². The third kappa shape index (κ3) is 2.88. The molecule has 1 saturated carbocycles. The van der Waals surface area contributed by atoms with Gasteiger partial charge in [-0.1, -0.05) is 0 Å². The number of hydrogen-bond donors (Lipinski definition) is 0. The smallest absolute Gasteiger partial charge is 0.272 e. The van der Waals surface area contributed by atoms with Crippen molar-refractivity contribution in [2.24, 2.45) is 5.41 Å². The van der Waals surface area contributed by atoms with E-state index in [1.165, 1.54) is 0 Å². The lowest BCUT2D eigenvalue weighted by molar-refractivity contribution is -0.139. The summed E-state index contributed by atoms with van der Waals surface area (Å²) < 4.78 is 30.8. The van der Waals surface area contributed by atoms with Crippen LogP contribution in [0.3, 0.4) is 0 Å². The van der Waals surface area contributed by atoms with E-state index in [-0.39, 0.29) is 24.6 Å². The van der Waals surface area contributed by atoms with E-state index in [1.807, 2.05) is 18.7 Å². The van der Waals surface area contributed by atoms with Crippen molar-refractivity contribution in [3.63, 3.8) is 0 Å². The Balaban J connectivity index is 1.71. The zero-order chi connectivity index (χ0) is 11.1. The minimum Gasteiger partial charge on any atom is -0.378 e. The highest BCUT2D eigenvalue weighted by Gasteiger charge is 2.51. The predicted molar refractivity (Wildman–Crippen MR) is 54.1 cm³/mol. The van der Waals surface area contributed by atoms with Crippen molar-refractivity contribution in [1.82, 2.24) is 4.90 Å². The molecule has 0 atom stereocenters. The Bertz CT molecular complexity index is 231. The van der Waals surface area contributed by atoms with Crippen LogP contribution in [0.5, 0.6) is 0 Å². The first kappa shape index (κ1) is 11.3. The van der Waals surface area contributed by atoms with Crippen LogP contribution in [0.4, 0.5) is 8.78 Å². The maximum absolute atomic E-state index is 12.6. The van der Waals surface area contributed by atoms with E-state index in [2.05, 4.69) is 0 Å². The van der Waals surface area contributed by atoms with E-state index >= 15 is 0 Å². The average molecular weight is 219 g/mol. The highest BCUT2D eigenvalue weighted by atomic mass is 19.3. The van der Waals surface area contributed by atoms with Crippen molar-refractivity contribution in [2.45, 2.75) is 38.7 Å². The minimum absolute atomic E-state index is 0.0591. The number of halogens is 2. The lowest BCUT2D eigenvalue weighted by Gasteiger charge is -2.40. The fraction of sp³-hybridized carbons (Fsp3) is 1.00. The number of ether oxygens (including phenoxy) is 1. The molecule has 0 aromatic rings. The number of rotatable bonds is 5. The summed E-state index contributed by atoms with van der Waals surface area (Å²) in [4.78, 5) is 1.84. The van der Waals surface area contributed by atoms with Crippen LogP contribution in [0.2, 0.25) is 0 Å². The second-order valence-corrected chi connectivity index (χ2v) is 5.36. The lowest BCUT2D eigenvalue weighted by Crippen LogP contribution is -2.57. The van der Waals surface area contributed by atoms with Gasteiger partial charge in [-0.05, 0) is 26.7 Å². The third-order valence-electron chi connectivity index (χ3n) is 3.15. The van der Waals surface area contributed by atoms with Crippen molar-refractivity contribution in [1.29, 1.82) is 0 Å². The lowest BCUT2D eigenvalue weighted by atomic mass is 10.0. The number of nitrogens with zero attached hydrogens (tertiary/aromatic N) is 1. The van der Waals surface area contributed by atoms with Crippen LogP contribution in [0, 0.1) is 5.41 Å². The van der Waals surface area contributed by atoms with Gasteiger partial charge in [0.1, 0.15) is 0 Å². The standard InChI is InChI=1S/C11H19F2NO/c1-9(2)15-8-10(3-4-10)5-14-6-11(12,13)7-14/h9H,3-8H2,1-2H3. The van der Waals surface area contributed by atoms with E-state index in [9.17, 15) is 8.78 Å². The Morgan fingerprint density at radius 2 is 1.87 bits per heavy atom. The van der Waals surface area contributed by atoms with E-state index in [0.29, 0.717) is 0 Å². The molecular formula is C11H19F2NO. The molecular weight excluding hydrogens is 200 g/mol. The van der Waals surface area contributed by atoms with Crippen molar-refractivity contribution < 1.29 is 13.5 Å². The van der Waals surface area contributed by atoms with Gasteiger partial charge in [0.15, 0.2) is 0 Å². The summed E-state index contributed by atoms with van der Waals surface area (Å²) in [6.45, 7) is 5.41. The molecule has 0 unspecified atom stereocenters. The fourth-order valence-corrected chi connectivity index (χ4v) is 2.06. The van der Waals surface area contributed by atoms with Gasteiger partial charge in [0.05, 0.1) is 25.8 Å². The van der Waals surface area contributed by atoms with Gasteiger partial charge in [-0.3, -0.25) is 4.90 Å². The molecule has 15 heavy (non-hydrogen) atoms. The van der Waals surface area contributed by atoms with Crippen LogP contribution < -0.4 is 0 Å². The molecule has 0 aromatic heterocycles. The first-order chi connectivity index (χ1) is 6.91. The molecule has 1 heterocycles. The summed E-state index contributed by atoms with van der Waals surface area (Å²) in [5.41, 5.74) is 0.195. The molecule has 0 N–H and O–H groups in total. The van der Waals surface area contributed by atoms with Gasteiger partial charge in [0.25, 0.3) is 5.92 Å². The summed E-state index contributed by atoms with van der Waals surface area (Å²) in [5, 5.41) is 0. The molecule has 1 aliphatic heterocycles. The van der Waals surface area contributed by atoms with Crippen LogP contribution in [0.1, 0.15) is 26.7 Å². The Kier molecular flexibility index (Phi) is 2.75. The topological polar surface area (TPSA) is 12.5 Å². The maximum atomic E-state index is 12.6. The first-order valence-electron chi connectivity index (χ1n) is 5.63. The normalized spacial score (nSPS) is 27.8. The SMILES string of the molecule is CC(C)OCC1(CN2CC(F)(F)C2)CC1. The van der Waals surface area contributed by atoms with Crippen LogP contribution in [-0.2, 0) is 4.74 Å². The Morgan fingerprint density at radius 1 is 1.27 bits per heavy atom. The largest absolute Gasteiger partial charge is 0.378 e. The third-order valence-corrected chi connectivity index (χ3v) is 3.15. The second kappa shape index (κ2) is 3.67. The zero-order valence-electron chi connectivity index (χ0n) is 9.43. The monoisotopic (exact) mass is 219 g/mol. The van der Waals surface area contributed by atoms with Crippen LogP contribution >= 0.6 is 0 Å². The molecule has 0 bridgehead atoms. The van der Waals surface area contributed by atoms with Gasteiger partial charge < -0.3 is 4.74 Å². The molecule has 2 nitrogen and oxygen atoms in total. The molecule has 1 saturated heterocycles. The highest BCUT2D eigenvalue weighted by molar-refractivity contribution is 4.99. The fourth-order valence-electron chi connectivity index (χ4n) is 2.06. The summed E-state index contributed by atoms with van der Waals surface area (Å²) in [5.74, 6) is -2.44. The Hall–Kier alpha value is -0.220. The number of likely N-dealkylation sites (tertiary alicyclic amines) is 1. The molecule has 2 rings (SSSR count). The summed E-state index contributed by atoms with van der Waals surface area (Å²) in [6, 6.07) is 0. The summed E-state index contributed by atoms with van der Waals surface area (Å²) >= 11 is 0. The van der Waals surface area contributed by atoms with Crippen LogP contribution in [-0.4, -0.2) is 43.2 Å². The maximum Gasteiger partial charge on any atom is 0.272 e. The van der Waals surface area contributed by atoms with Crippen molar-refractivity contribution >= 4 is 0 Å². The molecule has 1 aliphatic carbocycles.